The lowest BCUT2D eigenvalue weighted by atomic mass is 9.70. The average Bonchev–Trinajstić information content (AvgIpc) is 3.60. The van der Waals surface area contributed by atoms with Crippen molar-refractivity contribution >= 4 is 32.9 Å². The Bertz CT molecular complexity index is 2150. The number of hydrogen-bond donors (Lipinski definition) is 1. The number of carbonyl (C=O) groups is 2. The zero-order valence-corrected chi connectivity index (χ0v) is 31.4. The van der Waals surface area contributed by atoms with Crippen LogP contribution in [0.2, 0.25) is 0 Å². The van der Waals surface area contributed by atoms with Gasteiger partial charge in [0.1, 0.15) is 17.1 Å². The molecule has 0 spiro atoms. The van der Waals surface area contributed by atoms with E-state index in [-0.39, 0.29) is 18.9 Å². The van der Waals surface area contributed by atoms with E-state index in [0.29, 0.717) is 43.1 Å². The lowest BCUT2D eigenvalue weighted by Gasteiger charge is -2.46. The van der Waals surface area contributed by atoms with Crippen molar-refractivity contribution in [2.45, 2.75) is 100 Å². The second-order valence-electron chi connectivity index (χ2n) is 15.7. The number of para-hydroxylation sites is 2. The largest absolute Gasteiger partial charge is 0.416 e. The maximum absolute atomic E-state index is 14.7. The first kappa shape index (κ1) is 38.0. The van der Waals surface area contributed by atoms with Crippen LogP contribution in [-0.2, 0) is 31.2 Å². The Labute approximate surface area is 312 Å². The molecule has 14 heteroatoms. The van der Waals surface area contributed by atoms with Gasteiger partial charge in [-0.2, -0.15) is 13.2 Å². The van der Waals surface area contributed by atoms with Crippen LogP contribution in [0.15, 0.2) is 77.7 Å². The summed E-state index contributed by atoms with van der Waals surface area (Å²) in [4.78, 5) is 35.6. The number of amides is 2. The molecule has 3 aliphatic heterocycles. The van der Waals surface area contributed by atoms with Gasteiger partial charge in [0.15, 0.2) is 0 Å². The first-order valence-electron chi connectivity index (χ1n) is 18.5. The van der Waals surface area contributed by atoms with Crippen LogP contribution in [0.1, 0.15) is 81.8 Å². The topological polar surface area (TPSA) is 105 Å². The minimum Gasteiger partial charge on any atom is -0.342 e. The lowest BCUT2D eigenvalue weighted by Crippen LogP contribution is -2.54. The van der Waals surface area contributed by atoms with E-state index in [0.717, 1.165) is 67.7 Å². The van der Waals surface area contributed by atoms with Crippen molar-refractivity contribution in [3.8, 4) is 0 Å². The van der Waals surface area contributed by atoms with Crippen LogP contribution >= 0.6 is 0 Å². The quantitative estimate of drug-likeness (QED) is 0.143. The van der Waals surface area contributed by atoms with E-state index >= 15 is 0 Å². The fourth-order valence-electron chi connectivity index (χ4n) is 9.05. The minimum absolute atomic E-state index is 0.277. The van der Waals surface area contributed by atoms with Gasteiger partial charge in [0.05, 0.1) is 21.5 Å². The van der Waals surface area contributed by atoms with Gasteiger partial charge < -0.3 is 9.47 Å². The minimum atomic E-state index is -4.66. The van der Waals surface area contributed by atoms with Crippen LogP contribution in [0.25, 0.3) is 11.0 Å². The fraction of sp³-hybridized carbons (Fsp3) is 0.475. The van der Waals surface area contributed by atoms with E-state index in [9.17, 15) is 35.6 Å². The Morgan fingerprint density at radius 3 is 2.19 bits per heavy atom. The summed E-state index contributed by atoms with van der Waals surface area (Å²) in [7, 11) is -4.56. The third-order valence-corrected chi connectivity index (χ3v) is 13.5. The summed E-state index contributed by atoms with van der Waals surface area (Å²) < 4.78 is 83.9. The number of alkyl halides is 3. The Kier molecular flexibility index (Phi) is 9.91. The molecule has 0 aliphatic carbocycles. The highest BCUT2D eigenvalue weighted by molar-refractivity contribution is 7.90. The zero-order chi connectivity index (χ0) is 38.6. The number of imidazole rings is 1. The Balaban J connectivity index is 1.03. The third kappa shape index (κ3) is 7.14. The van der Waals surface area contributed by atoms with E-state index < -0.39 is 49.3 Å². The van der Waals surface area contributed by atoms with Gasteiger partial charge in [0, 0.05) is 31.2 Å². The molecule has 1 aromatic heterocycles. The third-order valence-electron chi connectivity index (χ3n) is 12.1. The number of halogens is 4. The highest BCUT2D eigenvalue weighted by Crippen LogP contribution is 2.45. The van der Waals surface area contributed by atoms with Gasteiger partial charge in [-0.05, 0) is 132 Å². The summed E-state index contributed by atoms with van der Waals surface area (Å²) in [5.41, 5.74) is -0.212. The summed E-state index contributed by atoms with van der Waals surface area (Å²) in [5, 5.41) is 0. The number of carbonyl (C=O) groups excluding carboxylic acids is 2. The molecule has 54 heavy (non-hydrogen) atoms. The molecule has 0 radical (unpaired) electrons. The number of likely N-dealkylation sites (tertiary alicyclic amines) is 1. The van der Waals surface area contributed by atoms with Crippen LogP contribution in [0.3, 0.4) is 0 Å². The summed E-state index contributed by atoms with van der Waals surface area (Å²) in [6.45, 7) is 6.11. The maximum Gasteiger partial charge on any atom is 0.416 e. The summed E-state index contributed by atoms with van der Waals surface area (Å²) in [6.07, 6.45) is 1.44. The second kappa shape index (κ2) is 14.1. The normalized spacial score (nSPS) is 22.1. The number of benzene rings is 3. The van der Waals surface area contributed by atoms with Crippen LogP contribution in [0.5, 0.6) is 0 Å². The molecule has 9 nitrogen and oxygen atoms in total. The van der Waals surface area contributed by atoms with Gasteiger partial charge >= 0.3 is 6.18 Å². The number of aryl methyl sites for hydroxylation is 1. The molecule has 3 atom stereocenters. The molecular formula is C40H45F4N5O4S. The molecule has 4 aromatic rings. The zero-order valence-electron chi connectivity index (χ0n) is 30.6. The van der Waals surface area contributed by atoms with Crippen molar-refractivity contribution in [1.82, 2.24) is 24.1 Å². The monoisotopic (exact) mass is 767 g/mol. The predicted octanol–water partition coefficient (Wildman–Crippen LogP) is 7.15. The van der Waals surface area contributed by atoms with Gasteiger partial charge in [-0.15, -0.1) is 0 Å². The van der Waals surface area contributed by atoms with Crippen molar-refractivity contribution in [2.75, 3.05) is 19.6 Å². The van der Waals surface area contributed by atoms with Crippen molar-refractivity contribution in [1.29, 1.82) is 0 Å². The van der Waals surface area contributed by atoms with Crippen LogP contribution in [0, 0.1) is 18.2 Å². The number of sulfonamides is 1. The molecule has 0 saturated carbocycles. The number of nitrogens with zero attached hydrogens (tertiary/aromatic N) is 4. The van der Waals surface area contributed by atoms with Crippen LogP contribution < -0.4 is 4.72 Å². The van der Waals surface area contributed by atoms with Gasteiger partial charge in [-0.25, -0.2) is 22.5 Å². The number of aromatic nitrogens is 2. The van der Waals surface area contributed by atoms with E-state index in [1.165, 1.54) is 25.4 Å². The van der Waals surface area contributed by atoms with Crippen LogP contribution in [0.4, 0.5) is 17.6 Å². The van der Waals surface area contributed by atoms with Crippen LogP contribution in [-0.4, -0.2) is 71.3 Å². The number of piperidine rings is 2. The second-order valence-corrected chi connectivity index (χ2v) is 17.4. The molecule has 3 aromatic carbocycles. The highest BCUT2D eigenvalue weighted by atomic mass is 32.2. The van der Waals surface area contributed by atoms with Crippen molar-refractivity contribution < 1.29 is 35.6 Å². The summed E-state index contributed by atoms with van der Waals surface area (Å²) in [5.74, 6) is -0.965. The van der Waals surface area contributed by atoms with E-state index in [4.69, 9.17) is 4.98 Å². The first-order chi connectivity index (χ1) is 25.5. The molecule has 288 valence electrons. The molecule has 1 N–H and O–H groups in total. The molecular weight excluding hydrogens is 723 g/mol. The molecule has 4 heterocycles. The maximum atomic E-state index is 14.7. The average molecular weight is 768 g/mol. The Hall–Kier alpha value is -4.30. The van der Waals surface area contributed by atoms with Crippen molar-refractivity contribution in [2.24, 2.45) is 5.41 Å². The van der Waals surface area contributed by atoms with Crippen molar-refractivity contribution in [3.63, 3.8) is 0 Å². The smallest absolute Gasteiger partial charge is 0.342 e. The Morgan fingerprint density at radius 1 is 0.907 bits per heavy atom. The number of hydrogen-bond acceptors (Lipinski definition) is 6. The van der Waals surface area contributed by atoms with Gasteiger partial charge in [0.25, 0.3) is 10.0 Å². The molecule has 3 saturated heterocycles. The van der Waals surface area contributed by atoms with Gasteiger partial charge in [-0.3, -0.25) is 14.5 Å². The standard InChI is InChI=1S/C40H45F4N5O4S/c1-26-45-34-9-4-5-10-35(34)49(26)32-24-30-13-14-31(25-32)48(30)22-19-39(28-7-6-8-29(41)23-28)17-20-47(21-18-39)37(51)38(2,3)36(50)46-54(52,53)33-15-11-27(12-16-33)40(42,43)44/h4-12,15-16,23,30-32H,13-14,17-22,24-25H2,1-3H3,(H,46,50)/t30-,31+,32?. The van der Waals surface area contributed by atoms with E-state index in [1.54, 1.807) is 17.0 Å². The molecule has 2 amide bonds. The van der Waals surface area contributed by atoms with E-state index in [1.807, 2.05) is 16.9 Å². The van der Waals surface area contributed by atoms with E-state index in [2.05, 4.69) is 34.6 Å². The number of rotatable bonds is 9. The first-order valence-corrected chi connectivity index (χ1v) is 20.0. The number of nitrogens with one attached hydrogen (secondary N) is 1. The Morgan fingerprint density at radius 2 is 1.56 bits per heavy atom. The molecule has 3 aliphatic rings. The highest BCUT2D eigenvalue weighted by Gasteiger charge is 2.47. The SMILES string of the molecule is Cc1nc2ccccc2n1C1C[C@H]2CC[C@@H](C1)N2CCC1(c2cccc(F)c2)CCN(C(=O)C(C)(C)C(=O)NS(=O)(=O)c2ccc(C(F)(F)F)cc2)CC1. The number of fused-ring (bicyclic) bond motifs is 3. The molecule has 3 fully saturated rings. The fourth-order valence-corrected chi connectivity index (χ4v) is 10.2. The molecule has 2 bridgehead atoms. The van der Waals surface area contributed by atoms with Gasteiger partial charge in [-0.1, -0.05) is 24.3 Å². The lowest BCUT2D eigenvalue weighted by molar-refractivity contribution is -0.149. The predicted molar refractivity (Wildman–Crippen MR) is 195 cm³/mol. The van der Waals surface area contributed by atoms with Gasteiger partial charge in [0.2, 0.25) is 11.8 Å². The van der Waals surface area contributed by atoms with Crippen molar-refractivity contribution in [3.05, 3.63) is 95.6 Å². The summed E-state index contributed by atoms with van der Waals surface area (Å²) >= 11 is 0. The molecule has 7 rings (SSSR count). The molecule has 1 unspecified atom stereocenters. The summed E-state index contributed by atoms with van der Waals surface area (Å²) in [6, 6.07) is 18.9.